The van der Waals surface area contributed by atoms with E-state index in [4.69, 9.17) is 10.7 Å². The Kier molecular flexibility index (Phi) is 3.21. The van der Waals surface area contributed by atoms with Gasteiger partial charge in [-0.25, -0.2) is 0 Å². The van der Waals surface area contributed by atoms with E-state index in [2.05, 4.69) is 11.0 Å². The molecule has 0 atom stereocenters. The van der Waals surface area contributed by atoms with Crippen LogP contribution in [0.3, 0.4) is 0 Å². The molecule has 1 aromatic rings. The minimum atomic E-state index is 0.713. The highest BCUT2D eigenvalue weighted by Crippen LogP contribution is 2.38. The van der Waals surface area contributed by atoms with Crippen LogP contribution in [0, 0.1) is 5.92 Å². The second-order valence-electron chi connectivity index (χ2n) is 6.05. The molecule has 0 spiro atoms. The van der Waals surface area contributed by atoms with Crippen molar-refractivity contribution in [2.24, 2.45) is 10.9 Å². The molecule has 3 heteroatoms. The van der Waals surface area contributed by atoms with Crippen LogP contribution in [0.5, 0.6) is 0 Å². The second-order valence-corrected chi connectivity index (χ2v) is 6.05. The highest BCUT2D eigenvalue weighted by Gasteiger charge is 2.25. The molecule has 0 aromatic heterocycles. The molecule has 1 aliphatic carbocycles. The molecule has 3 nitrogen and oxygen atoms in total. The summed E-state index contributed by atoms with van der Waals surface area (Å²) in [5.41, 5.74) is 11.9. The molecule has 1 saturated carbocycles. The van der Waals surface area contributed by atoms with Gasteiger partial charge in [0.05, 0.1) is 17.1 Å². The third kappa shape index (κ3) is 2.34. The predicted molar refractivity (Wildman–Crippen MR) is 82.6 cm³/mol. The van der Waals surface area contributed by atoms with Gasteiger partial charge in [0.1, 0.15) is 0 Å². The van der Waals surface area contributed by atoms with Crippen molar-refractivity contribution in [2.45, 2.75) is 38.5 Å². The Balaban J connectivity index is 1.86. The Morgan fingerprint density at radius 1 is 1.16 bits per heavy atom. The van der Waals surface area contributed by atoms with Crippen LogP contribution >= 0.6 is 0 Å². The largest absolute Gasteiger partial charge is 0.397 e. The van der Waals surface area contributed by atoms with Crippen molar-refractivity contribution in [1.29, 1.82) is 0 Å². The molecule has 1 aliphatic heterocycles. The zero-order chi connectivity index (χ0) is 13.4. The molecule has 0 saturated heterocycles. The minimum Gasteiger partial charge on any atom is -0.397 e. The molecule has 0 radical (unpaired) electrons. The third-order valence-electron chi connectivity index (χ3n) is 4.42. The van der Waals surface area contributed by atoms with E-state index in [1.165, 1.54) is 43.4 Å². The first-order chi connectivity index (χ1) is 9.15. The summed E-state index contributed by atoms with van der Waals surface area (Å²) in [5, 5.41) is 0. The molecule has 3 rings (SSSR count). The molecular weight excluding hydrogens is 234 g/mol. The number of hydrogen-bond acceptors (Lipinski definition) is 3. The summed E-state index contributed by atoms with van der Waals surface area (Å²) in [4.78, 5) is 6.93. The Bertz CT molecular complexity index is 511. The number of anilines is 2. The van der Waals surface area contributed by atoms with Crippen molar-refractivity contribution >= 4 is 22.8 Å². The minimum absolute atomic E-state index is 0.713. The molecule has 102 valence electrons. The van der Waals surface area contributed by atoms with Crippen molar-refractivity contribution in [3.63, 3.8) is 0 Å². The topological polar surface area (TPSA) is 41.6 Å². The van der Waals surface area contributed by atoms with Gasteiger partial charge in [-0.15, -0.1) is 0 Å². The van der Waals surface area contributed by atoms with Crippen LogP contribution in [0.1, 0.15) is 37.7 Å². The number of aliphatic imine (C=N–C) groups is 1. The van der Waals surface area contributed by atoms with Gasteiger partial charge in [-0.2, -0.15) is 0 Å². The van der Waals surface area contributed by atoms with Crippen LogP contribution in [-0.2, 0) is 6.42 Å². The molecule has 1 aromatic carbocycles. The normalized spacial score (nSPS) is 19.2. The van der Waals surface area contributed by atoms with Gasteiger partial charge in [-0.3, -0.25) is 4.99 Å². The maximum atomic E-state index is 6.11. The maximum absolute atomic E-state index is 6.11. The van der Waals surface area contributed by atoms with Gasteiger partial charge in [0, 0.05) is 26.2 Å². The van der Waals surface area contributed by atoms with E-state index < -0.39 is 0 Å². The fourth-order valence-electron chi connectivity index (χ4n) is 3.33. The first kappa shape index (κ1) is 12.5. The SMILES string of the molecule is CN(C)c1cc2c(cc1N)N=C(C1CCCCC1)C2. The third-order valence-corrected chi connectivity index (χ3v) is 4.42. The van der Waals surface area contributed by atoms with Gasteiger partial charge in [-0.1, -0.05) is 19.3 Å². The zero-order valence-corrected chi connectivity index (χ0v) is 11.9. The number of nitrogens with two attached hydrogens (primary N) is 1. The van der Waals surface area contributed by atoms with Crippen molar-refractivity contribution in [2.75, 3.05) is 24.7 Å². The summed E-state index contributed by atoms with van der Waals surface area (Å²) in [6.07, 6.45) is 7.80. The Morgan fingerprint density at radius 3 is 2.58 bits per heavy atom. The average molecular weight is 257 g/mol. The Morgan fingerprint density at radius 2 is 1.89 bits per heavy atom. The summed E-state index contributed by atoms with van der Waals surface area (Å²) in [5.74, 6) is 0.713. The molecule has 2 aliphatic rings. The lowest BCUT2D eigenvalue weighted by atomic mass is 9.84. The second kappa shape index (κ2) is 4.87. The predicted octanol–water partition coefficient (Wildman–Crippen LogP) is 3.54. The van der Waals surface area contributed by atoms with Gasteiger partial charge in [0.25, 0.3) is 0 Å². The van der Waals surface area contributed by atoms with Crippen molar-refractivity contribution in [3.8, 4) is 0 Å². The lowest BCUT2D eigenvalue weighted by molar-refractivity contribution is 0.437. The smallest absolute Gasteiger partial charge is 0.0687 e. The number of fused-ring (bicyclic) bond motifs is 1. The molecule has 0 bridgehead atoms. The first-order valence-corrected chi connectivity index (χ1v) is 7.32. The molecule has 1 fully saturated rings. The highest BCUT2D eigenvalue weighted by atomic mass is 15.1. The lowest BCUT2D eigenvalue weighted by Gasteiger charge is -2.21. The fourth-order valence-corrected chi connectivity index (χ4v) is 3.33. The van der Waals surface area contributed by atoms with Crippen molar-refractivity contribution in [1.82, 2.24) is 0 Å². The van der Waals surface area contributed by atoms with E-state index in [0.717, 1.165) is 23.5 Å². The van der Waals surface area contributed by atoms with Crippen LogP contribution in [0.4, 0.5) is 17.1 Å². The van der Waals surface area contributed by atoms with E-state index in [-0.39, 0.29) is 0 Å². The van der Waals surface area contributed by atoms with Crippen LogP contribution in [-0.4, -0.2) is 19.8 Å². The highest BCUT2D eigenvalue weighted by molar-refractivity contribution is 5.97. The van der Waals surface area contributed by atoms with E-state index in [1.54, 1.807) is 0 Å². The van der Waals surface area contributed by atoms with E-state index in [1.807, 2.05) is 20.2 Å². The molecule has 0 unspecified atom stereocenters. The summed E-state index contributed by atoms with van der Waals surface area (Å²) in [7, 11) is 4.08. The monoisotopic (exact) mass is 257 g/mol. The number of nitrogen functional groups attached to an aromatic ring is 1. The molecule has 2 N–H and O–H groups in total. The quantitative estimate of drug-likeness (QED) is 0.823. The van der Waals surface area contributed by atoms with Crippen molar-refractivity contribution in [3.05, 3.63) is 17.7 Å². The van der Waals surface area contributed by atoms with Crippen LogP contribution in [0.25, 0.3) is 0 Å². The first-order valence-electron chi connectivity index (χ1n) is 7.32. The summed E-state index contributed by atoms with van der Waals surface area (Å²) >= 11 is 0. The van der Waals surface area contributed by atoms with Gasteiger partial charge < -0.3 is 10.6 Å². The van der Waals surface area contributed by atoms with Crippen LogP contribution in [0.2, 0.25) is 0 Å². The summed E-state index contributed by atoms with van der Waals surface area (Å²) in [6, 6.07) is 4.25. The number of nitrogens with zero attached hydrogens (tertiary/aromatic N) is 2. The summed E-state index contributed by atoms with van der Waals surface area (Å²) < 4.78 is 0. The number of hydrogen-bond donors (Lipinski definition) is 1. The molecular formula is C16H23N3. The summed E-state index contributed by atoms with van der Waals surface area (Å²) in [6.45, 7) is 0. The van der Waals surface area contributed by atoms with Gasteiger partial charge in [-0.05, 0) is 36.5 Å². The fraction of sp³-hybridized carbons (Fsp3) is 0.562. The lowest BCUT2D eigenvalue weighted by Crippen LogP contribution is -2.17. The van der Waals surface area contributed by atoms with E-state index >= 15 is 0 Å². The van der Waals surface area contributed by atoms with Crippen LogP contribution < -0.4 is 10.6 Å². The zero-order valence-electron chi connectivity index (χ0n) is 11.9. The Hall–Kier alpha value is -1.51. The van der Waals surface area contributed by atoms with E-state index in [9.17, 15) is 0 Å². The van der Waals surface area contributed by atoms with E-state index in [0.29, 0.717) is 5.92 Å². The average Bonchev–Trinajstić information content (AvgIpc) is 2.81. The van der Waals surface area contributed by atoms with Gasteiger partial charge >= 0.3 is 0 Å². The molecule has 19 heavy (non-hydrogen) atoms. The van der Waals surface area contributed by atoms with Gasteiger partial charge in [0.2, 0.25) is 0 Å². The molecule has 1 heterocycles. The molecule has 0 amide bonds. The van der Waals surface area contributed by atoms with Crippen molar-refractivity contribution < 1.29 is 0 Å². The standard InChI is InChI=1S/C16H23N3/c1-19(2)16-9-12-8-14(11-6-4-3-5-7-11)18-15(12)10-13(16)17/h9-11H,3-8,17H2,1-2H3. The van der Waals surface area contributed by atoms with Crippen LogP contribution in [0.15, 0.2) is 17.1 Å². The maximum Gasteiger partial charge on any atom is 0.0687 e. The number of rotatable bonds is 2. The number of benzene rings is 1. The van der Waals surface area contributed by atoms with Gasteiger partial charge in [0.15, 0.2) is 0 Å². The Labute approximate surface area is 115 Å².